The molecule has 0 atom stereocenters. The van der Waals surface area contributed by atoms with Crippen LogP contribution in [0.1, 0.15) is 75.5 Å². The molecule has 2 nitrogen and oxygen atoms in total. The number of thiophene rings is 1. The molecule has 2 rings (SSSR count). The Morgan fingerprint density at radius 2 is 1.90 bits per heavy atom. The molecule has 1 heterocycles. The Kier molecular flexibility index (Phi) is 5.13. The van der Waals surface area contributed by atoms with Crippen LogP contribution < -0.4 is 0 Å². The van der Waals surface area contributed by atoms with Crippen LogP contribution in [0.2, 0.25) is 0 Å². The Morgan fingerprint density at radius 3 is 2.43 bits per heavy atom. The van der Waals surface area contributed by atoms with E-state index in [4.69, 9.17) is 0 Å². The van der Waals surface area contributed by atoms with Crippen molar-refractivity contribution in [2.45, 2.75) is 77.6 Å². The van der Waals surface area contributed by atoms with E-state index in [-0.39, 0.29) is 10.8 Å². The number of aliphatic carboxylic acids is 1. The molecule has 1 aliphatic carbocycles. The fourth-order valence-corrected chi connectivity index (χ4v) is 4.51. The molecule has 1 aromatic heterocycles. The SMILES string of the molecule is CC(C)(C)c1ccc(CCC2(CC(=O)O)CCCCC2)s1. The van der Waals surface area contributed by atoms with Crippen LogP contribution in [-0.2, 0) is 16.6 Å². The van der Waals surface area contributed by atoms with Gasteiger partial charge in [-0.05, 0) is 48.6 Å². The zero-order valence-electron chi connectivity index (χ0n) is 13.6. The van der Waals surface area contributed by atoms with E-state index in [0.717, 1.165) is 25.7 Å². The molecule has 0 unspecified atom stereocenters. The van der Waals surface area contributed by atoms with Gasteiger partial charge in [-0.25, -0.2) is 0 Å². The second-order valence-corrected chi connectivity index (χ2v) is 8.82. The number of hydrogen-bond donors (Lipinski definition) is 1. The van der Waals surface area contributed by atoms with Crippen molar-refractivity contribution in [1.82, 2.24) is 0 Å². The molecule has 0 radical (unpaired) electrons. The molecule has 0 aromatic carbocycles. The van der Waals surface area contributed by atoms with Gasteiger partial charge < -0.3 is 5.11 Å². The lowest BCUT2D eigenvalue weighted by Crippen LogP contribution is -2.28. The summed E-state index contributed by atoms with van der Waals surface area (Å²) in [5.74, 6) is -0.626. The fourth-order valence-electron chi connectivity index (χ4n) is 3.44. The largest absolute Gasteiger partial charge is 0.481 e. The van der Waals surface area contributed by atoms with Gasteiger partial charge in [0.15, 0.2) is 0 Å². The van der Waals surface area contributed by atoms with Crippen LogP contribution in [0, 0.1) is 5.41 Å². The minimum atomic E-state index is -0.626. The summed E-state index contributed by atoms with van der Waals surface area (Å²) in [5.41, 5.74) is 0.266. The van der Waals surface area contributed by atoms with Gasteiger partial charge in [-0.2, -0.15) is 0 Å². The van der Waals surface area contributed by atoms with Crippen molar-refractivity contribution in [3.8, 4) is 0 Å². The van der Waals surface area contributed by atoms with Crippen LogP contribution in [0.15, 0.2) is 12.1 Å². The highest BCUT2D eigenvalue weighted by molar-refractivity contribution is 7.12. The molecule has 0 spiro atoms. The first-order valence-electron chi connectivity index (χ1n) is 8.12. The first kappa shape index (κ1) is 16.5. The van der Waals surface area contributed by atoms with Gasteiger partial charge in [0.1, 0.15) is 0 Å². The molecule has 1 N–H and O–H groups in total. The Hall–Kier alpha value is -0.830. The van der Waals surface area contributed by atoms with Crippen LogP contribution in [0.5, 0.6) is 0 Å². The lowest BCUT2D eigenvalue weighted by molar-refractivity contribution is -0.140. The highest BCUT2D eigenvalue weighted by Crippen LogP contribution is 2.43. The van der Waals surface area contributed by atoms with Gasteiger partial charge in [0.25, 0.3) is 0 Å². The molecule has 3 heteroatoms. The number of carboxylic acids is 1. The summed E-state index contributed by atoms with van der Waals surface area (Å²) < 4.78 is 0. The zero-order chi connectivity index (χ0) is 15.5. The molecule has 0 saturated heterocycles. The van der Waals surface area contributed by atoms with Gasteiger partial charge in [0.05, 0.1) is 6.42 Å². The maximum atomic E-state index is 11.2. The van der Waals surface area contributed by atoms with Crippen LogP contribution in [0.25, 0.3) is 0 Å². The molecular weight excluding hydrogens is 280 g/mol. The molecule has 21 heavy (non-hydrogen) atoms. The van der Waals surface area contributed by atoms with E-state index in [1.807, 2.05) is 11.3 Å². The Balaban J connectivity index is 2.01. The number of rotatable bonds is 5. The molecule has 118 valence electrons. The Morgan fingerprint density at radius 1 is 1.24 bits per heavy atom. The van der Waals surface area contributed by atoms with Crippen molar-refractivity contribution in [1.29, 1.82) is 0 Å². The summed E-state index contributed by atoms with van der Waals surface area (Å²) in [6.45, 7) is 6.74. The molecule has 1 saturated carbocycles. The number of hydrogen-bond acceptors (Lipinski definition) is 2. The lowest BCUT2D eigenvalue weighted by atomic mass is 9.69. The van der Waals surface area contributed by atoms with Gasteiger partial charge in [-0.1, -0.05) is 40.0 Å². The zero-order valence-corrected chi connectivity index (χ0v) is 14.4. The molecule has 0 aliphatic heterocycles. The van der Waals surface area contributed by atoms with Crippen molar-refractivity contribution in [2.75, 3.05) is 0 Å². The molecule has 1 aliphatic rings. The second kappa shape index (κ2) is 6.51. The normalized spacial score (nSPS) is 18.6. The number of carbonyl (C=O) groups is 1. The number of aryl methyl sites for hydroxylation is 1. The first-order chi connectivity index (χ1) is 9.81. The van der Waals surface area contributed by atoms with Gasteiger partial charge in [-0.15, -0.1) is 11.3 Å². The summed E-state index contributed by atoms with van der Waals surface area (Å²) in [5, 5.41) is 9.24. The lowest BCUT2D eigenvalue weighted by Gasteiger charge is -2.36. The highest BCUT2D eigenvalue weighted by atomic mass is 32.1. The van der Waals surface area contributed by atoms with Crippen LogP contribution in [0.3, 0.4) is 0 Å². The smallest absolute Gasteiger partial charge is 0.303 e. The monoisotopic (exact) mass is 308 g/mol. The third-order valence-corrected chi connectivity index (χ3v) is 6.31. The third kappa shape index (κ3) is 4.57. The van der Waals surface area contributed by atoms with Crippen molar-refractivity contribution in [3.63, 3.8) is 0 Å². The molecule has 0 amide bonds. The molecule has 1 aromatic rings. The van der Waals surface area contributed by atoms with Gasteiger partial charge in [-0.3, -0.25) is 4.79 Å². The van der Waals surface area contributed by atoms with E-state index in [9.17, 15) is 9.90 Å². The van der Waals surface area contributed by atoms with E-state index in [1.54, 1.807) is 0 Å². The van der Waals surface area contributed by atoms with Crippen molar-refractivity contribution < 1.29 is 9.90 Å². The van der Waals surface area contributed by atoms with E-state index in [2.05, 4.69) is 32.9 Å². The molecule has 1 fully saturated rings. The van der Waals surface area contributed by atoms with Gasteiger partial charge in [0, 0.05) is 9.75 Å². The first-order valence-corrected chi connectivity index (χ1v) is 8.93. The van der Waals surface area contributed by atoms with E-state index in [1.165, 1.54) is 29.0 Å². The average molecular weight is 308 g/mol. The second-order valence-electron chi connectivity index (χ2n) is 7.65. The van der Waals surface area contributed by atoms with Crippen LogP contribution in [-0.4, -0.2) is 11.1 Å². The average Bonchev–Trinajstić information content (AvgIpc) is 2.85. The topological polar surface area (TPSA) is 37.3 Å². The summed E-state index contributed by atoms with van der Waals surface area (Å²) in [6, 6.07) is 4.48. The minimum Gasteiger partial charge on any atom is -0.481 e. The van der Waals surface area contributed by atoms with Crippen LogP contribution >= 0.6 is 11.3 Å². The molecule has 0 bridgehead atoms. The van der Waals surface area contributed by atoms with E-state index in [0.29, 0.717) is 6.42 Å². The van der Waals surface area contributed by atoms with Crippen LogP contribution in [0.4, 0.5) is 0 Å². The molecular formula is C18H28O2S. The Bertz CT molecular complexity index is 476. The van der Waals surface area contributed by atoms with Gasteiger partial charge >= 0.3 is 5.97 Å². The maximum Gasteiger partial charge on any atom is 0.303 e. The summed E-state index contributed by atoms with van der Waals surface area (Å²) >= 11 is 1.90. The summed E-state index contributed by atoms with van der Waals surface area (Å²) in [6.07, 6.45) is 8.28. The predicted molar refractivity (Wildman–Crippen MR) is 89.1 cm³/mol. The van der Waals surface area contributed by atoms with Crippen molar-refractivity contribution >= 4 is 17.3 Å². The van der Waals surface area contributed by atoms with Crippen molar-refractivity contribution in [2.24, 2.45) is 5.41 Å². The summed E-state index contributed by atoms with van der Waals surface area (Å²) in [7, 11) is 0. The quantitative estimate of drug-likeness (QED) is 0.790. The standard InChI is InChI=1S/C18H28O2S/c1-17(2,3)15-8-7-14(21-15)9-12-18(13-16(19)20)10-5-4-6-11-18/h7-8H,4-6,9-13H2,1-3H3,(H,19,20). The highest BCUT2D eigenvalue weighted by Gasteiger charge is 2.34. The Labute approximate surface area is 132 Å². The maximum absolute atomic E-state index is 11.2. The van der Waals surface area contributed by atoms with E-state index >= 15 is 0 Å². The predicted octanol–water partition coefficient (Wildman–Crippen LogP) is 5.40. The summed E-state index contributed by atoms with van der Waals surface area (Å²) in [4.78, 5) is 14.1. The fraction of sp³-hybridized carbons (Fsp3) is 0.722. The van der Waals surface area contributed by atoms with Crippen molar-refractivity contribution in [3.05, 3.63) is 21.9 Å². The number of carboxylic acid groups (broad SMARTS) is 1. The third-order valence-electron chi connectivity index (χ3n) is 4.74. The van der Waals surface area contributed by atoms with E-state index < -0.39 is 5.97 Å². The van der Waals surface area contributed by atoms with Gasteiger partial charge in [0.2, 0.25) is 0 Å². The minimum absolute atomic E-state index is 0.0516.